The van der Waals surface area contributed by atoms with Gasteiger partial charge in [-0.25, -0.2) is 4.39 Å². The Morgan fingerprint density at radius 3 is 2.83 bits per heavy atom. The van der Waals surface area contributed by atoms with Crippen LogP contribution in [-0.4, -0.2) is 68.4 Å². The smallest absolute Gasteiger partial charge is 0.123 e. The largest absolute Gasteiger partial charge is 0.381 e. The second-order valence-corrected chi connectivity index (χ2v) is 7.05. The fraction of sp³-hybridized carbons (Fsp3) is 0.684. The number of hydrogen-bond donors (Lipinski definition) is 0. The Morgan fingerprint density at radius 2 is 2.08 bits per heavy atom. The van der Waals surface area contributed by atoms with E-state index in [-0.39, 0.29) is 5.82 Å². The van der Waals surface area contributed by atoms with E-state index >= 15 is 0 Å². The second-order valence-electron chi connectivity index (χ2n) is 7.05. The summed E-state index contributed by atoms with van der Waals surface area (Å²) in [4.78, 5) is 4.87. The third-order valence-electron chi connectivity index (χ3n) is 5.35. The minimum absolute atomic E-state index is 0.175. The van der Waals surface area contributed by atoms with Crippen molar-refractivity contribution in [2.24, 2.45) is 0 Å². The summed E-state index contributed by atoms with van der Waals surface area (Å²) >= 11 is 0. The first-order valence-electron chi connectivity index (χ1n) is 8.97. The van der Waals surface area contributed by atoms with Crippen molar-refractivity contribution >= 4 is 0 Å². The van der Waals surface area contributed by atoms with Crippen molar-refractivity contribution in [2.45, 2.75) is 44.1 Å². The normalized spacial score (nSPS) is 28.1. The van der Waals surface area contributed by atoms with Crippen LogP contribution in [0.1, 0.15) is 24.8 Å². The van der Waals surface area contributed by atoms with Gasteiger partial charge in [0.25, 0.3) is 0 Å². The quantitative estimate of drug-likeness (QED) is 0.797. The average Bonchev–Trinajstić information content (AvgIpc) is 2.61. The van der Waals surface area contributed by atoms with Crippen LogP contribution in [0.4, 0.5) is 4.39 Å². The molecule has 1 aromatic carbocycles. The maximum atomic E-state index is 13.0. The van der Waals surface area contributed by atoms with Crippen molar-refractivity contribution in [2.75, 3.05) is 40.4 Å². The molecule has 1 heterocycles. The zero-order valence-electron chi connectivity index (χ0n) is 14.8. The van der Waals surface area contributed by atoms with E-state index in [2.05, 4.69) is 16.8 Å². The molecule has 1 saturated heterocycles. The molecule has 1 saturated carbocycles. The van der Waals surface area contributed by atoms with Gasteiger partial charge in [0.1, 0.15) is 5.82 Å². The predicted octanol–water partition coefficient (Wildman–Crippen LogP) is 2.53. The number of likely N-dealkylation sites (N-methyl/N-ethyl adjacent to an activating group) is 1. The van der Waals surface area contributed by atoms with E-state index in [4.69, 9.17) is 9.47 Å². The summed E-state index contributed by atoms with van der Waals surface area (Å²) in [5, 5.41) is 0. The zero-order valence-corrected chi connectivity index (χ0v) is 14.8. The summed E-state index contributed by atoms with van der Waals surface area (Å²) in [5.74, 6) is -0.175. The Hall–Kier alpha value is -1.01. The first-order chi connectivity index (χ1) is 11.7. The van der Waals surface area contributed by atoms with Gasteiger partial charge < -0.3 is 14.4 Å². The van der Waals surface area contributed by atoms with Crippen molar-refractivity contribution < 1.29 is 13.9 Å². The van der Waals surface area contributed by atoms with Crippen LogP contribution < -0.4 is 0 Å². The molecular formula is C19H29FN2O2. The molecule has 1 aliphatic carbocycles. The van der Waals surface area contributed by atoms with Gasteiger partial charge in [0.15, 0.2) is 0 Å². The fourth-order valence-corrected chi connectivity index (χ4v) is 3.92. The molecule has 1 aromatic rings. The molecule has 24 heavy (non-hydrogen) atoms. The standard InChI is InChI=1S/C19H29FN2O2/c1-21(14-15-3-5-16(20)6-4-15)9-10-22-11-12-24-19-8-7-17(23-2)13-18(19)22/h3-6,17-19H,7-14H2,1-2H3/t17-,18-,19-/m1/s1. The number of fused-ring (bicyclic) bond motifs is 1. The Balaban J connectivity index is 1.50. The van der Waals surface area contributed by atoms with Gasteiger partial charge in [-0.15, -0.1) is 0 Å². The summed E-state index contributed by atoms with van der Waals surface area (Å²) in [5.41, 5.74) is 1.15. The molecule has 0 unspecified atom stereocenters. The molecule has 0 bridgehead atoms. The molecule has 1 aliphatic heterocycles. The van der Waals surface area contributed by atoms with E-state index in [1.54, 1.807) is 0 Å². The zero-order chi connectivity index (χ0) is 16.9. The Kier molecular flexibility index (Phi) is 6.22. The second kappa shape index (κ2) is 8.39. The molecule has 5 heteroatoms. The van der Waals surface area contributed by atoms with Gasteiger partial charge in [-0.1, -0.05) is 12.1 Å². The van der Waals surface area contributed by atoms with Crippen LogP contribution in [0.25, 0.3) is 0 Å². The van der Waals surface area contributed by atoms with Crippen LogP contribution in [0.5, 0.6) is 0 Å². The average molecular weight is 336 g/mol. The highest BCUT2D eigenvalue weighted by Crippen LogP contribution is 2.29. The van der Waals surface area contributed by atoms with Crippen LogP contribution in [0.3, 0.4) is 0 Å². The van der Waals surface area contributed by atoms with Gasteiger partial charge in [0, 0.05) is 39.3 Å². The van der Waals surface area contributed by atoms with Gasteiger partial charge in [0.05, 0.1) is 18.8 Å². The Morgan fingerprint density at radius 1 is 1.29 bits per heavy atom. The number of rotatable bonds is 6. The highest BCUT2D eigenvalue weighted by Gasteiger charge is 2.37. The van der Waals surface area contributed by atoms with E-state index in [0.29, 0.717) is 18.2 Å². The summed E-state index contributed by atoms with van der Waals surface area (Å²) in [6.07, 6.45) is 4.02. The number of halogens is 1. The molecule has 4 nitrogen and oxygen atoms in total. The van der Waals surface area contributed by atoms with Crippen molar-refractivity contribution in [1.29, 1.82) is 0 Å². The monoisotopic (exact) mass is 336 g/mol. The number of ether oxygens (including phenoxy) is 2. The van der Waals surface area contributed by atoms with Crippen molar-refractivity contribution in [3.8, 4) is 0 Å². The van der Waals surface area contributed by atoms with Crippen molar-refractivity contribution in [3.05, 3.63) is 35.6 Å². The predicted molar refractivity (Wildman–Crippen MR) is 92.5 cm³/mol. The molecule has 0 amide bonds. The Bertz CT molecular complexity index is 511. The minimum atomic E-state index is -0.175. The lowest BCUT2D eigenvalue weighted by atomic mass is 9.88. The molecule has 0 radical (unpaired) electrons. The lowest BCUT2D eigenvalue weighted by Crippen LogP contribution is -2.56. The SMILES string of the molecule is CO[C@@H]1CC[C@H]2OCCN(CCN(C)Cc3ccc(F)cc3)[C@@H]2C1. The number of nitrogens with zero attached hydrogens (tertiary/aromatic N) is 2. The molecule has 0 spiro atoms. The first kappa shape index (κ1) is 17.8. The highest BCUT2D eigenvalue weighted by molar-refractivity contribution is 5.15. The summed E-state index contributed by atoms with van der Waals surface area (Å²) in [7, 11) is 3.94. The van der Waals surface area contributed by atoms with Crippen LogP contribution in [0.2, 0.25) is 0 Å². The number of hydrogen-bond acceptors (Lipinski definition) is 4. The molecule has 3 atom stereocenters. The maximum Gasteiger partial charge on any atom is 0.123 e. The summed E-state index contributed by atoms with van der Waals surface area (Å²) in [6, 6.07) is 7.27. The topological polar surface area (TPSA) is 24.9 Å². The lowest BCUT2D eigenvalue weighted by molar-refractivity contribution is -0.114. The van der Waals surface area contributed by atoms with Gasteiger partial charge in [-0.05, 0) is 44.0 Å². The highest BCUT2D eigenvalue weighted by atomic mass is 19.1. The first-order valence-corrected chi connectivity index (χ1v) is 8.97. The third-order valence-corrected chi connectivity index (χ3v) is 5.35. The van der Waals surface area contributed by atoms with Gasteiger partial charge in [0.2, 0.25) is 0 Å². The van der Waals surface area contributed by atoms with E-state index in [1.165, 1.54) is 12.1 Å². The van der Waals surface area contributed by atoms with Gasteiger partial charge in [-0.3, -0.25) is 4.90 Å². The van der Waals surface area contributed by atoms with E-state index in [0.717, 1.165) is 57.6 Å². The molecule has 134 valence electrons. The molecule has 0 aromatic heterocycles. The number of benzene rings is 1. The minimum Gasteiger partial charge on any atom is -0.381 e. The molecular weight excluding hydrogens is 307 g/mol. The number of morpholine rings is 1. The van der Waals surface area contributed by atoms with Crippen LogP contribution in [0, 0.1) is 5.82 Å². The van der Waals surface area contributed by atoms with E-state index in [1.807, 2.05) is 19.2 Å². The third kappa shape index (κ3) is 4.54. The maximum absolute atomic E-state index is 13.0. The summed E-state index contributed by atoms with van der Waals surface area (Å²) < 4.78 is 24.5. The number of methoxy groups -OCH3 is 1. The molecule has 2 aliphatic rings. The lowest BCUT2D eigenvalue weighted by Gasteiger charge is -2.46. The van der Waals surface area contributed by atoms with Gasteiger partial charge >= 0.3 is 0 Å². The van der Waals surface area contributed by atoms with E-state index in [9.17, 15) is 4.39 Å². The van der Waals surface area contributed by atoms with E-state index < -0.39 is 0 Å². The van der Waals surface area contributed by atoms with Gasteiger partial charge in [-0.2, -0.15) is 0 Å². The van der Waals surface area contributed by atoms with Crippen LogP contribution in [-0.2, 0) is 16.0 Å². The Labute approximate surface area is 144 Å². The molecule has 0 N–H and O–H groups in total. The molecule has 2 fully saturated rings. The van der Waals surface area contributed by atoms with Crippen LogP contribution in [0.15, 0.2) is 24.3 Å². The fourth-order valence-electron chi connectivity index (χ4n) is 3.92. The molecule has 3 rings (SSSR count). The summed E-state index contributed by atoms with van der Waals surface area (Å²) in [6.45, 7) is 4.72. The van der Waals surface area contributed by atoms with Crippen molar-refractivity contribution in [3.63, 3.8) is 0 Å². The van der Waals surface area contributed by atoms with Crippen LogP contribution >= 0.6 is 0 Å². The van der Waals surface area contributed by atoms with Crippen molar-refractivity contribution in [1.82, 2.24) is 9.80 Å².